The molecule has 0 bridgehead atoms. The number of carbonyl (C=O) groups excluding carboxylic acids is 2. The van der Waals surface area contributed by atoms with E-state index in [4.69, 9.17) is 0 Å². The first-order valence-corrected chi connectivity index (χ1v) is 11.8. The highest BCUT2D eigenvalue weighted by molar-refractivity contribution is 7.99. The Bertz CT molecular complexity index is 981. The molecule has 4 rings (SSSR count). The van der Waals surface area contributed by atoms with Gasteiger partial charge in [-0.3, -0.25) is 9.59 Å². The number of benzene rings is 1. The molecular formula is C22H24F3N5O2S. The number of anilines is 2. The number of hydrogen-bond donors (Lipinski definition) is 2. The molecule has 0 unspecified atom stereocenters. The molecule has 0 radical (unpaired) electrons. The van der Waals surface area contributed by atoms with Crippen molar-refractivity contribution in [3.05, 3.63) is 42.0 Å². The van der Waals surface area contributed by atoms with E-state index < -0.39 is 11.7 Å². The molecule has 0 spiro atoms. The Kier molecular flexibility index (Phi) is 7.06. The number of hydrogen-bond acceptors (Lipinski definition) is 6. The molecule has 1 aromatic heterocycles. The molecule has 1 aromatic carbocycles. The van der Waals surface area contributed by atoms with Crippen molar-refractivity contribution in [1.82, 2.24) is 15.5 Å². The van der Waals surface area contributed by atoms with E-state index in [0.29, 0.717) is 29.1 Å². The lowest BCUT2D eigenvalue weighted by molar-refractivity contribution is -0.137. The molecule has 1 aliphatic heterocycles. The molecule has 7 nitrogen and oxygen atoms in total. The van der Waals surface area contributed by atoms with Gasteiger partial charge < -0.3 is 15.5 Å². The smallest absolute Gasteiger partial charge is 0.354 e. The number of piperidine rings is 1. The lowest BCUT2D eigenvalue weighted by Gasteiger charge is -2.32. The highest BCUT2D eigenvalue weighted by Crippen LogP contribution is 2.30. The third-order valence-corrected chi connectivity index (χ3v) is 6.43. The van der Waals surface area contributed by atoms with Crippen LogP contribution in [0, 0.1) is 5.92 Å². The molecule has 2 heterocycles. The first-order valence-electron chi connectivity index (χ1n) is 10.8. The number of halogens is 3. The Morgan fingerprint density at radius 3 is 2.45 bits per heavy atom. The Labute approximate surface area is 193 Å². The normalized spacial score (nSPS) is 18.6. The molecule has 1 saturated heterocycles. The second-order valence-electron chi connectivity index (χ2n) is 8.21. The maximum absolute atomic E-state index is 12.6. The van der Waals surface area contributed by atoms with Gasteiger partial charge in [0.25, 0.3) is 0 Å². The second kappa shape index (κ2) is 9.98. The van der Waals surface area contributed by atoms with Crippen LogP contribution < -0.4 is 15.5 Å². The van der Waals surface area contributed by atoms with Gasteiger partial charge in [-0.05, 0) is 62.1 Å². The fourth-order valence-corrected chi connectivity index (χ4v) is 4.20. The van der Waals surface area contributed by atoms with E-state index in [1.807, 2.05) is 6.07 Å². The minimum atomic E-state index is -4.42. The molecule has 176 valence electrons. The summed E-state index contributed by atoms with van der Waals surface area (Å²) in [5.74, 6) is 0.441. The lowest BCUT2D eigenvalue weighted by atomic mass is 9.97. The topological polar surface area (TPSA) is 87.2 Å². The van der Waals surface area contributed by atoms with Crippen molar-refractivity contribution in [2.24, 2.45) is 5.92 Å². The van der Waals surface area contributed by atoms with Gasteiger partial charge in [-0.1, -0.05) is 11.8 Å². The summed E-state index contributed by atoms with van der Waals surface area (Å²) in [4.78, 5) is 26.5. The number of nitrogens with one attached hydrogen (secondary N) is 2. The standard InChI is InChI=1S/C22H24F3N5O2S/c23-22(24,25)15-3-5-16(6-4-15)26-19(31)13-33-20-10-9-18(28-29-20)30-11-1-2-14(12-30)21(32)27-17-7-8-17/h3-6,9-10,14,17H,1-2,7-8,11-13H2,(H,26,31)(H,27,32)/t14-/m0/s1. The van der Waals surface area contributed by atoms with Crippen molar-refractivity contribution < 1.29 is 22.8 Å². The minimum absolute atomic E-state index is 0.0438. The van der Waals surface area contributed by atoms with Crippen molar-refractivity contribution in [1.29, 1.82) is 0 Å². The highest BCUT2D eigenvalue weighted by atomic mass is 32.2. The van der Waals surface area contributed by atoms with E-state index in [0.717, 1.165) is 44.4 Å². The van der Waals surface area contributed by atoms with Crippen molar-refractivity contribution in [3.8, 4) is 0 Å². The number of carbonyl (C=O) groups is 2. The number of aromatic nitrogens is 2. The third-order valence-electron chi connectivity index (χ3n) is 5.51. The van der Waals surface area contributed by atoms with E-state index in [-0.39, 0.29) is 23.5 Å². The molecule has 2 fully saturated rings. The van der Waals surface area contributed by atoms with E-state index in [1.165, 1.54) is 23.9 Å². The molecule has 2 amide bonds. The van der Waals surface area contributed by atoms with Gasteiger partial charge in [0.1, 0.15) is 5.03 Å². The molecule has 2 aliphatic rings. The summed E-state index contributed by atoms with van der Waals surface area (Å²) in [5.41, 5.74) is -0.478. The molecular weight excluding hydrogens is 455 g/mol. The van der Waals surface area contributed by atoms with Gasteiger partial charge in [0.2, 0.25) is 11.8 Å². The third kappa shape index (κ3) is 6.59. The van der Waals surface area contributed by atoms with Gasteiger partial charge in [0, 0.05) is 24.8 Å². The average Bonchev–Trinajstić information content (AvgIpc) is 3.62. The number of rotatable bonds is 7. The lowest BCUT2D eigenvalue weighted by Crippen LogP contribution is -2.44. The van der Waals surface area contributed by atoms with E-state index in [1.54, 1.807) is 6.07 Å². The predicted molar refractivity (Wildman–Crippen MR) is 119 cm³/mol. The predicted octanol–water partition coefficient (Wildman–Crippen LogP) is 3.72. The van der Waals surface area contributed by atoms with Crippen LogP contribution in [0.25, 0.3) is 0 Å². The van der Waals surface area contributed by atoms with Crippen LogP contribution in [0.15, 0.2) is 41.4 Å². The maximum Gasteiger partial charge on any atom is 0.416 e. The molecule has 2 aromatic rings. The van der Waals surface area contributed by atoms with Crippen LogP contribution in [0.3, 0.4) is 0 Å². The summed E-state index contributed by atoms with van der Waals surface area (Å²) >= 11 is 1.18. The van der Waals surface area contributed by atoms with Crippen LogP contribution >= 0.6 is 11.8 Å². The van der Waals surface area contributed by atoms with Crippen molar-refractivity contribution in [2.75, 3.05) is 29.1 Å². The fraction of sp³-hybridized carbons (Fsp3) is 0.455. The molecule has 1 aliphatic carbocycles. The quantitative estimate of drug-likeness (QED) is 0.589. The minimum Gasteiger partial charge on any atom is -0.354 e. The molecule has 1 saturated carbocycles. The van der Waals surface area contributed by atoms with Crippen LogP contribution in [-0.2, 0) is 15.8 Å². The van der Waals surface area contributed by atoms with Gasteiger partial charge in [-0.25, -0.2) is 0 Å². The van der Waals surface area contributed by atoms with Crippen LogP contribution in [0.5, 0.6) is 0 Å². The summed E-state index contributed by atoms with van der Waals surface area (Å²) in [7, 11) is 0. The zero-order valence-electron chi connectivity index (χ0n) is 17.8. The zero-order valence-corrected chi connectivity index (χ0v) is 18.6. The van der Waals surface area contributed by atoms with E-state index >= 15 is 0 Å². The van der Waals surface area contributed by atoms with Gasteiger partial charge >= 0.3 is 6.18 Å². The number of amides is 2. The summed E-state index contributed by atoms with van der Waals surface area (Å²) in [6.45, 7) is 1.42. The molecule has 33 heavy (non-hydrogen) atoms. The van der Waals surface area contributed by atoms with Gasteiger partial charge in [0.05, 0.1) is 17.2 Å². The first-order chi connectivity index (χ1) is 15.8. The zero-order chi connectivity index (χ0) is 23.4. The number of alkyl halides is 3. The molecule has 2 N–H and O–H groups in total. The molecule has 1 atom stereocenters. The Balaban J connectivity index is 1.25. The fourth-order valence-electron chi connectivity index (χ4n) is 3.58. The SMILES string of the molecule is O=C(CSc1ccc(N2CCC[C@H](C(=O)NC3CC3)C2)nn1)Nc1ccc(C(F)(F)F)cc1. The highest BCUT2D eigenvalue weighted by Gasteiger charge is 2.31. The molecule has 11 heteroatoms. The Morgan fingerprint density at radius 2 is 1.82 bits per heavy atom. The summed E-state index contributed by atoms with van der Waals surface area (Å²) in [6.07, 6.45) is -0.513. The number of nitrogens with zero attached hydrogens (tertiary/aromatic N) is 3. The summed E-state index contributed by atoms with van der Waals surface area (Å²) in [6, 6.07) is 8.23. The van der Waals surface area contributed by atoms with E-state index in [2.05, 4.69) is 25.7 Å². The summed E-state index contributed by atoms with van der Waals surface area (Å²) in [5, 5.41) is 14.6. The average molecular weight is 480 g/mol. The largest absolute Gasteiger partial charge is 0.416 e. The van der Waals surface area contributed by atoms with Crippen LogP contribution in [0.4, 0.5) is 24.7 Å². The van der Waals surface area contributed by atoms with Crippen molar-refractivity contribution in [2.45, 2.75) is 42.9 Å². The van der Waals surface area contributed by atoms with Gasteiger partial charge in [0.15, 0.2) is 5.82 Å². The van der Waals surface area contributed by atoms with Crippen LogP contribution in [-0.4, -0.2) is 46.9 Å². The van der Waals surface area contributed by atoms with Crippen LogP contribution in [0.1, 0.15) is 31.2 Å². The first kappa shape index (κ1) is 23.3. The van der Waals surface area contributed by atoms with Gasteiger partial charge in [-0.15, -0.1) is 10.2 Å². The second-order valence-corrected chi connectivity index (χ2v) is 9.21. The monoisotopic (exact) mass is 479 g/mol. The van der Waals surface area contributed by atoms with Crippen LogP contribution in [0.2, 0.25) is 0 Å². The summed E-state index contributed by atoms with van der Waals surface area (Å²) < 4.78 is 37.8. The number of thioether (sulfide) groups is 1. The Hall–Kier alpha value is -2.82. The van der Waals surface area contributed by atoms with Crippen molar-refractivity contribution >= 4 is 35.1 Å². The Morgan fingerprint density at radius 1 is 1.06 bits per heavy atom. The van der Waals surface area contributed by atoms with E-state index in [9.17, 15) is 22.8 Å². The maximum atomic E-state index is 12.6. The van der Waals surface area contributed by atoms with Gasteiger partial charge in [-0.2, -0.15) is 13.2 Å². The van der Waals surface area contributed by atoms with Crippen molar-refractivity contribution in [3.63, 3.8) is 0 Å².